The average molecular weight is 584 g/mol. The SMILES string of the molecule is CC(=O)NC[C@H]1CN(c2ccc(-c3ccc(CNCC(=O)N4CCN(C(=O)OC(C)(C)C)CC4)cc3)c(F)c2)C(=O)O1. The van der Waals surface area contributed by atoms with Gasteiger partial charge in [-0.05, 0) is 50.1 Å². The third kappa shape index (κ3) is 8.19. The fourth-order valence-electron chi connectivity index (χ4n) is 4.69. The van der Waals surface area contributed by atoms with Crippen molar-refractivity contribution in [3.05, 3.63) is 53.8 Å². The van der Waals surface area contributed by atoms with Crippen molar-refractivity contribution in [3.63, 3.8) is 0 Å². The number of hydrogen-bond acceptors (Lipinski definition) is 7. The number of halogens is 1. The van der Waals surface area contributed by atoms with Gasteiger partial charge >= 0.3 is 12.2 Å². The van der Waals surface area contributed by atoms with E-state index in [2.05, 4.69) is 10.6 Å². The van der Waals surface area contributed by atoms with Crippen LogP contribution in [-0.4, -0.2) is 91.3 Å². The normalized spacial score (nSPS) is 17.2. The Hall–Kier alpha value is -4.19. The van der Waals surface area contributed by atoms with E-state index in [1.54, 1.807) is 34.1 Å². The number of nitrogens with zero attached hydrogens (tertiary/aromatic N) is 3. The Morgan fingerprint density at radius 2 is 1.69 bits per heavy atom. The van der Waals surface area contributed by atoms with Crippen molar-refractivity contribution in [1.29, 1.82) is 0 Å². The van der Waals surface area contributed by atoms with Crippen molar-refractivity contribution in [1.82, 2.24) is 20.4 Å². The third-order valence-electron chi connectivity index (χ3n) is 6.87. The van der Waals surface area contributed by atoms with E-state index in [4.69, 9.17) is 9.47 Å². The second-order valence-corrected chi connectivity index (χ2v) is 11.4. The molecule has 42 heavy (non-hydrogen) atoms. The molecule has 4 amide bonds. The molecule has 2 N–H and O–H groups in total. The smallest absolute Gasteiger partial charge is 0.414 e. The summed E-state index contributed by atoms with van der Waals surface area (Å²) in [4.78, 5) is 52.9. The highest BCUT2D eigenvalue weighted by atomic mass is 19.1. The summed E-state index contributed by atoms with van der Waals surface area (Å²) in [6, 6.07) is 11.9. The maximum atomic E-state index is 15.1. The quantitative estimate of drug-likeness (QED) is 0.490. The van der Waals surface area contributed by atoms with Crippen LogP contribution in [0.1, 0.15) is 33.3 Å². The number of nitrogens with one attached hydrogen (secondary N) is 2. The highest BCUT2D eigenvalue weighted by Crippen LogP contribution is 2.29. The van der Waals surface area contributed by atoms with Gasteiger partial charge < -0.3 is 29.9 Å². The number of anilines is 1. The summed E-state index contributed by atoms with van der Waals surface area (Å²) in [5.41, 5.74) is 1.82. The zero-order chi connectivity index (χ0) is 30.4. The molecule has 2 fully saturated rings. The van der Waals surface area contributed by atoms with Gasteiger partial charge in [-0.1, -0.05) is 24.3 Å². The fraction of sp³-hybridized carbons (Fsp3) is 0.467. The summed E-state index contributed by atoms with van der Waals surface area (Å²) in [7, 11) is 0. The molecule has 2 aromatic carbocycles. The molecule has 0 unspecified atom stereocenters. The number of rotatable bonds is 8. The van der Waals surface area contributed by atoms with Gasteiger partial charge in [0.1, 0.15) is 17.5 Å². The second-order valence-electron chi connectivity index (χ2n) is 11.4. The van der Waals surface area contributed by atoms with E-state index >= 15 is 4.39 Å². The molecule has 11 nitrogen and oxygen atoms in total. The van der Waals surface area contributed by atoms with E-state index in [0.29, 0.717) is 49.5 Å². The highest BCUT2D eigenvalue weighted by Gasteiger charge is 2.33. The van der Waals surface area contributed by atoms with Crippen LogP contribution in [0.25, 0.3) is 11.1 Å². The van der Waals surface area contributed by atoms with Crippen molar-refractivity contribution in [2.45, 2.75) is 45.9 Å². The van der Waals surface area contributed by atoms with E-state index in [1.807, 2.05) is 32.9 Å². The predicted molar refractivity (Wildman–Crippen MR) is 154 cm³/mol. The van der Waals surface area contributed by atoms with Gasteiger partial charge in [0.25, 0.3) is 0 Å². The Balaban J connectivity index is 1.24. The number of carbonyl (C=O) groups is 4. The number of cyclic esters (lactones) is 1. The summed E-state index contributed by atoms with van der Waals surface area (Å²) in [5, 5.41) is 5.77. The molecule has 226 valence electrons. The molecule has 2 aromatic rings. The summed E-state index contributed by atoms with van der Waals surface area (Å²) >= 11 is 0. The van der Waals surface area contributed by atoms with E-state index in [-0.39, 0.29) is 37.5 Å². The lowest BCUT2D eigenvalue weighted by molar-refractivity contribution is -0.132. The van der Waals surface area contributed by atoms with Gasteiger partial charge in [-0.2, -0.15) is 0 Å². The van der Waals surface area contributed by atoms with Gasteiger partial charge in [0.15, 0.2) is 0 Å². The number of piperazine rings is 1. The van der Waals surface area contributed by atoms with E-state index in [9.17, 15) is 19.2 Å². The fourth-order valence-corrected chi connectivity index (χ4v) is 4.69. The molecule has 1 atom stereocenters. The first kappa shape index (κ1) is 30.8. The van der Waals surface area contributed by atoms with Gasteiger partial charge in [-0.15, -0.1) is 0 Å². The lowest BCUT2D eigenvalue weighted by Gasteiger charge is -2.35. The van der Waals surface area contributed by atoms with E-state index < -0.39 is 23.6 Å². The zero-order valence-corrected chi connectivity index (χ0v) is 24.4. The first-order valence-electron chi connectivity index (χ1n) is 14.0. The minimum absolute atomic E-state index is 0.0408. The number of benzene rings is 2. The molecule has 0 bridgehead atoms. The molecule has 2 saturated heterocycles. The Morgan fingerprint density at radius 1 is 1.02 bits per heavy atom. The molecule has 4 rings (SSSR count). The van der Waals surface area contributed by atoms with Gasteiger partial charge in [0.05, 0.1) is 25.3 Å². The minimum atomic E-state index is -0.587. The Labute approximate surface area is 244 Å². The van der Waals surface area contributed by atoms with Crippen LogP contribution >= 0.6 is 0 Å². The summed E-state index contributed by atoms with van der Waals surface area (Å²) in [5.74, 6) is -0.739. The predicted octanol–water partition coefficient (Wildman–Crippen LogP) is 3.12. The van der Waals surface area contributed by atoms with E-state index in [0.717, 1.165) is 5.56 Å². The molecule has 0 spiro atoms. The van der Waals surface area contributed by atoms with Crippen molar-refractivity contribution in [2.24, 2.45) is 0 Å². The monoisotopic (exact) mass is 583 g/mol. The minimum Gasteiger partial charge on any atom is -0.444 e. The van der Waals surface area contributed by atoms with Crippen LogP contribution in [0.2, 0.25) is 0 Å². The van der Waals surface area contributed by atoms with Crippen molar-refractivity contribution >= 4 is 29.7 Å². The molecular formula is C30H38FN5O6. The van der Waals surface area contributed by atoms with Crippen LogP contribution in [0.4, 0.5) is 19.7 Å². The number of ether oxygens (including phenoxy) is 2. The number of hydrogen-bond donors (Lipinski definition) is 2. The number of amides is 4. The van der Waals surface area contributed by atoms with Gasteiger partial charge in [0.2, 0.25) is 11.8 Å². The molecule has 2 aliphatic heterocycles. The first-order valence-corrected chi connectivity index (χ1v) is 14.0. The Bertz CT molecular complexity index is 1300. The third-order valence-corrected chi connectivity index (χ3v) is 6.87. The van der Waals surface area contributed by atoms with Crippen molar-refractivity contribution < 1.29 is 33.0 Å². The maximum absolute atomic E-state index is 15.1. The molecule has 12 heteroatoms. The van der Waals surface area contributed by atoms with E-state index in [1.165, 1.54) is 17.9 Å². The van der Waals surface area contributed by atoms with Gasteiger partial charge in [-0.3, -0.25) is 14.5 Å². The van der Waals surface area contributed by atoms with Crippen molar-refractivity contribution in [2.75, 3.05) is 50.7 Å². The number of carbonyl (C=O) groups excluding carboxylic acids is 4. The van der Waals surface area contributed by atoms with Crippen LogP contribution in [0.15, 0.2) is 42.5 Å². The molecule has 0 saturated carbocycles. The van der Waals surface area contributed by atoms with Crippen LogP contribution in [0.3, 0.4) is 0 Å². The maximum Gasteiger partial charge on any atom is 0.414 e. The van der Waals surface area contributed by atoms with Gasteiger partial charge in [-0.25, -0.2) is 14.0 Å². The molecule has 2 aliphatic rings. The second kappa shape index (κ2) is 13.2. The summed E-state index contributed by atoms with van der Waals surface area (Å²) < 4.78 is 25.7. The molecule has 0 aliphatic carbocycles. The standard InChI is InChI=1S/C30H38FN5O6/c1-20(37)33-17-24-19-36(29(40)41-24)23-9-10-25(26(31)15-23)22-7-5-21(6-8-22)16-32-18-27(38)34-11-13-35(14-12-34)28(39)42-30(2,3)4/h5-10,15,24,32H,11-14,16-19H2,1-4H3,(H,33,37)/t24-/m0/s1. The van der Waals surface area contributed by atoms with Gasteiger partial charge in [0, 0.05) is 45.2 Å². The first-order chi connectivity index (χ1) is 19.9. The van der Waals surface area contributed by atoms with Crippen molar-refractivity contribution in [3.8, 4) is 11.1 Å². The molecule has 0 aromatic heterocycles. The Morgan fingerprint density at radius 3 is 2.31 bits per heavy atom. The molecule has 0 radical (unpaired) electrons. The summed E-state index contributed by atoms with van der Waals surface area (Å²) in [6.07, 6.45) is -1.46. The largest absolute Gasteiger partial charge is 0.444 e. The van der Waals surface area contributed by atoms with Crippen LogP contribution in [-0.2, 0) is 25.6 Å². The molecule has 2 heterocycles. The lowest BCUT2D eigenvalue weighted by atomic mass is 10.0. The average Bonchev–Trinajstić information content (AvgIpc) is 3.31. The summed E-state index contributed by atoms with van der Waals surface area (Å²) in [6.45, 7) is 9.65. The zero-order valence-electron chi connectivity index (χ0n) is 24.4. The lowest BCUT2D eigenvalue weighted by Crippen LogP contribution is -2.53. The van der Waals surface area contributed by atoms with Crippen LogP contribution < -0.4 is 15.5 Å². The van der Waals surface area contributed by atoms with Crippen LogP contribution in [0.5, 0.6) is 0 Å². The highest BCUT2D eigenvalue weighted by molar-refractivity contribution is 5.90. The Kier molecular flexibility index (Phi) is 9.66. The topological polar surface area (TPSA) is 121 Å². The van der Waals surface area contributed by atoms with Crippen LogP contribution in [0, 0.1) is 5.82 Å². The molecular weight excluding hydrogens is 545 g/mol.